The molecule has 0 spiro atoms. The molecule has 1 N–H and O–H groups in total. The Balaban J connectivity index is 1.81. The molecule has 0 bridgehead atoms. The standard InChI is InChI=1S/C25H13Cl2N5/c26-19-10-9-14(11-20(19)27)24-17(12-28)23(18-13-29-21-7-3-1-5-15(18)21)30-25-16-6-2-4-8-22(16)31-32(24)25/h1-11,13,29H. The summed E-state index contributed by atoms with van der Waals surface area (Å²) in [6.07, 6.45) is 1.89. The number of nitrogens with one attached hydrogen (secondary N) is 1. The van der Waals surface area contributed by atoms with Crippen molar-refractivity contribution >= 4 is 50.7 Å². The molecule has 0 fully saturated rings. The van der Waals surface area contributed by atoms with E-state index < -0.39 is 0 Å². The van der Waals surface area contributed by atoms with Gasteiger partial charge < -0.3 is 4.98 Å². The van der Waals surface area contributed by atoms with Crippen molar-refractivity contribution in [2.24, 2.45) is 0 Å². The number of nitrogens with zero attached hydrogens (tertiary/aromatic N) is 4. The van der Waals surface area contributed by atoms with E-state index in [4.69, 9.17) is 33.3 Å². The molecule has 152 valence electrons. The highest BCUT2D eigenvalue weighted by molar-refractivity contribution is 6.42. The van der Waals surface area contributed by atoms with E-state index in [0.29, 0.717) is 32.6 Å². The number of hydrogen-bond acceptors (Lipinski definition) is 3. The number of fused-ring (bicyclic) bond motifs is 4. The summed E-state index contributed by atoms with van der Waals surface area (Å²) in [7, 11) is 0. The van der Waals surface area contributed by atoms with Crippen LogP contribution in [0.3, 0.4) is 0 Å². The first-order valence-electron chi connectivity index (χ1n) is 9.89. The molecule has 0 aliphatic rings. The van der Waals surface area contributed by atoms with Crippen LogP contribution in [0.15, 0.2) is 72.9 Å². The summed E-state index contributed by atoms with van der Waals surface area (Å²) in [5, 5.41) is 17.8. The SMILES string of the molecule is N#Cc1c(-c2c[nH]c3ccccc23)nc2c3ccccc3nn2c1-c1ccc(Cl)c(Cl)c1. The van der Waals surface area contributed by atoms with Crippen molar-refractivity contribution in [2.75, 3.05) is 0 Å². The second-order valence-electron chi connectivity index (χ2n) is 7.43. The first-order valence-corrected chi connectivity index (χ1v) is 10.6. The normalized spacial score (nSPS) is 11.4. The average Bonchev–Trinajstić information content (AvgIpc) is 3.41. The fourth-order valence-corrected chi connectivity index (χ4v) is 4.44. The van der Waals surface area contributed by atoms with Gasteiger partial charge in [-0.25, -0.2) is 9.50 Å². The van der Waals surface area contributed by atoms with Crippen molar-refractivity contribution in [1.82, 2.24) is 19.6 Å². The molecule has 5 nitrogen and oxygen atoms in total. The lowest BCUT2D eigenvalue weighted by atomic mass is 10.00. The molecule has 0 amide bonds. The lowest BCUT2D eigenvalue weighted by Gasteiger charge is -2.12. The van der Waals surface area contributed by atoms with Crippen LogP contribution in [0.4, 0.5) is 0 Å². The smallest absolute Gasteiger partial charge is 0.164 e. The van der Waals surface area contributed by atoms with Gasteiger partial charge in [-0.3, -0.25) is 0 Å². The maximum atomic E-state index is 10.3. The first kappa shape index (κ1) is 18.9. The third-order valence-electron chi connectivity index (χ3n) is 5.61. The fraction of sp³-hybridized carbons (Fsp3) is 0. The van der Waals surface area contributed by atoms with Crippen molar-refractivity contribution < 1.29 is 0 Å². The number of aromatic amines is 1. The largest absolute Gasteiger partial charge is 0.360 e. The minimum absolute atomic E-state index is 0.406. The maximum Gasteiger partial charge on any atom is 0.164 e. The number of H-pyrrole nitrogens is 1. The minimum atomic E-state index is 0.406. The van der Waals surface area contributed by atoms with E-state index in [9.17, 15) is 5.26 Å². The molecule has 7 heteroatoms. The molecule has 6 aromatic rings. The van der Waals surface area contributed by atoms with Gasteiger partial charge in [0.1, 0.15) is 11.6 Å². The summed E-state index contributed by atoms with van der Waals surface area (Å²) in [6.45, 7) is 0. The molecule has 0 aliphatic carbocycles. The molecule has 32 heavy (non-hydrogen) atoms. The quantitative estimate of drug-likeness (QED) is 0.310. The molecule has 0 aliphatic heterocycles. The number of halogens is 2. The molecule has 3 aromatic heterocycles. The van der Waals surface area contributed by atoms with Crippen LogP contribution in [0.1, 0.15) is 5.56 Å². The zero-order valence-electron chi connectivity index (χ0n) is 16.5. The van der Waals surface area contributed by atoms with E-state index in [1.165, 1.54) is 0 Å². The van der Waals surface area contributed by atoms with Gasteiger partial charge in [0.2, 0.25) is 0 Å². The van der Waals surface area contributed by atoms with E-state index in [-0.39, 0.29) is 0 Å². The minimum Gasteiger partial charge on any atom is -0.360 e. The van der Waals surface area contributed by atoms with Gasteiger partial charge in [0.05, 0.1) is 26.9 Å². The Bertz CT molecular complexity index is 1720. The molecule has 0 saturated heterocycles. The molecule has 0 atom stereocenters. The zero-order chi connectivity index (χ0) is 21.8. The van der Waals surface area contributed by atoms with E-state index in [1.807, 2.05) is 60.8 Å². The molecular formula is C25H13Cl2N5. The number of rotatable bonds is 2. The topological polar surface area (TPSA) is 69.8 Å². The van der Waals surface area contributed by atoms with Crippen molar-refractivity contribution in [3.8, 4) is 28.6 Å². The van der Waals surface area contributed by atoms with Gasteiger partial charge in [-0.15, -0.1) is 0 Å². The van der Waals surface area contributed by atoms with Crippen LogP contribution < -0.4 is 0 Å². The Morgan fingerprint density at radius 2 is 1.69 bits per heavy atom. The predicted octanol–water partition coefficient (Wildman–Crippen LogP) is 6.88. The Morgan fingerprint density at radius 1 is 0.906 bits per heavy atom. The summed E-state index contributed by atoms with van der Waals surface area (Å²) in [4.78, 5) is 8.23. The van der Waals surface area contributed by atoms with Gasteiger partial charge in [0.25, 0.3) is 0 Å². The van der Waals surface area contributed by atoms with Gasteiger partial charge >= 0.3 is 0 Å². The molecule has 0 saturated carbocycles. The van der Waals surface area contributed by atoms with Crippen LogP contribution >= 0.6 is 23.2 Å². The average molecular weight is 454 g/mol. The number of aromatic nitrogens is 4. The van der Waals surface area contributed by atoms with Crippen LogP contribution in [0.25, 0.3) is 50.0 Å². The van der Waals surface area contributed by atoms with Gasteiger partial charge in [-0.2, -0.15) is 10.4 Å². The lowest BCUT2D eigenvalue weighted by Crippen LogP contribution is -2.03. The molecule has 0 unspecified atom stereocenters. The highest BCUT2D eigenvalue weighted by Crippen LogP contribution is 2.38. The molecule has 3 heterocycles. The lowest BCUT2D eigenvalue weighted by molar-refractivity contribution is 0.963. The Hall–Kier alpha value is -3.85. The highest BCUT2D eigenvalue weighted by atomic mass is 35.5. The number of nitriles is 1. The summed E-state index contributed by atoms with van der Waals surface area (Å²) >= 11 is 12.5. The molecule has 6 rings (SSSR count). The highest BCUT2D eigenvalue weighted by Gasteiger charge is 2.23. The first-order chi connectivity index (χ1) is 15.7. The van der Waals surface area contributed by atoms with Crippen molar-refractivity contribution in [1.29, 1.82) is 5.26 Å². The summed E-state index contributed by atoms with van der Waals surface area (Å²) < 4.78 is 1.72. The van der Waals surface area contributed by atoms with Crippen molar-refractivity contribution in [2.45, 2.75) is 0 Å². The Morgan fingerprint density at radius 3 is 2.50 bits per heavy atom. The van der Waals surface area contributed by atoms with Crippen LogP contribution in [0.2, 0.25) is 10.0 Å². The van der Waals surface area contributed by atoms with Crippen LogP contribution in [-0.4, -0.2) is 19.6 Å². The third-order valence-corrected chi connectivity index (χ3v) is 6.34. The van der Waals surface area contributed by atoms with Gasteiger partial charge in [0, 0.05) is 33.6 Å². The van der Waals surface area contributed by atoms with Crippen LogP contribution in [0, 0.1) is 11.3 Å². The van der Waals surface area contributed by atoms with Crippen molar-refractivity contribution in [3.05, 3.63) is 88.5 Å². The van der Waals surface area contributed by atoms with Crippen LogP contribution in [-0.2, 0) is 0 Å². The predicted molar refractivity (Wildman–Crippen MR) is 128 cm³/mol. The second kappa shape index (κ2) is 7.10. The molecular weight excluding hydrogens is 441 g/mol. The van der Waals surface area contributed by atoms with E-state index in [1.54, 1.807) is 16.6 Å². The number of para-hydroxylation sites is 1. The van der Waals surface area contributed by atoms with Crippen LogP contribution in [0.5, 0.6) is 0 Å². The molecule has 0 radical (unpaired) electrons. The summed E-state index contributed by atoms with van der Waals surface area (Å²) in [5.41, 5.74) is 5.64. The second-order valence-corrected chi connectivity index (χ2v) is 8.24. The van der Waals surface area contributed by atoms with Gasteiger partial charge in [0.15, 0.2) is 5.65 Å². The van der Waals surface area contributed by atoms with Crippen molar-refractivity contribution in [3.63, 3.8) is 0 Å². The monoisotopic (exact) mass is 453 g/mol. The summed E-state index contributed by atoms with van der Waals surface area (Å²) in [6, 6.07) is 23.4. The number of hydrogen-bond donors (Lipinski definition) is 1. The Kier molecular flexibility index (Phi) is 4.19. The van der Waals surface area contributed by atoms with Gasteiger partial charge in [-0.05, 0) is 30.3 Å². The van der Waals surface area contributed by atoms with E-state index >= 15 is 0 Å². The Labute approximate surface area is 192 Å². The fourth-order valence-electron chi connectivity index (χ4n) is 4.14. The van der Waals surface area contributed by atoms with E-state index in [2.05, 4.69) is 11.1 Å². The molecule has 3 aromatic carbocycles. The maximum absolute atomic E-state index is 10.3. The van der Waals surface area contributed by atoms with E-state index in [0.717, 1.165) is 32.9 Å². The third kappa shape index (κ3) is 2.71. The number of benzene rings is 3. The van der Waals surface area contributed by atoms with Gasteiger partial charge in [-0.1, -0.05) is 59.6 Å². The summed E-state index contributed by atoms with van der Waals surface area (Å²) in [5.74, 6) is 0. The zero-order valence-corrected chi connectivity index (χ0v) is 18.0.